The number of carbonyl (C=O) groups excluding carboxylic acids is 2. The molecular weight excluding hydrogens is 277 g/mol. The Balaban J connectivity index is 1.88. The first-order valence-corrected chi connectivity index (χ1v) is 6.59. The molecule has 2 aliphatic heterocycles. The number of rotatable bonds is 1. The Bertz CT molecular complexity index is 392. The van der Waals surface area contributed by atoms with E-state index in [1.807, 2.05) is 0 Å². The van der Waals surface area contributed by atoms with Crippen LogP contribution >= 0.6 is 0 Å². The molecule has 2 heterocycles. The molecule has 1 atom stereocenters. The topological polar surface area (TPSA) is 49.9 Å². The first-order valence-electron chi connectivity index (χ1n) is 6.59. The minimum Gasteiger partial charge on any atom is -0.357 e. The lowest BCUT2D eigenvalue weighted by Crippen LogP contribution is -2.48. The summed E-state index contributed by atoms with van der Waals surface area (Å²) in [5.74, 6) is -2.23. The fourth-order valence-corrected chi connectivity index (χ4v) is 2.63. The maximum atomic E-state index is 12.3. The smallest absolute Gasteiger partial charge is 0.357 e. The standard InChI is InChI=1S/C12H17F3N2O3/c1-8-17(6-7-20-8)10(18)9-2-4-16(5-3-9)11(19)12(13,14)15/h8-9H,2-7H2,1H3. The van der Waals surface area contributed by atoms with Crippen molar-refractivity contribution >= 4 is 11.8 Å². The van der Waals surface area contributed by atoms with Crippen LogP contribution in [0.1, 0.15) is 19.8 Å². The first-order chi connectivity index (χ1) is 9.30. The largest absolute Gasteiger partial charge is 0.471 e. The zero-order valence-electron chi connectivity index (χ0n) is 11.2. The van der Waals surface area contributed by atoms with Crippen molar-refractivity contribution in [1.29, 1.82) is 0 Å². The predicted molar refractivity (Wildman–Crippen MR) is 62.5 cm³/mol. The van der Waals surface area contributed by atoms with Crippen LogP contribution in [0.5, 0.6) is 0 Å². The Labute approximate surface area is 114 Å². The van der Waals surface area contributed by atoms with Gasteiger partial charge in [-0.05, 0) is 19.8 Å². The molecule has 0 radical (unpaired) electrons. The van der Waals surface area contributed by atoms with E-state index in [-0.39, 0.29) is 44.0 Å². The summed E-state index contributed by atoms with van der Waals surface area (Å²) < 4.78 is 42.2. The van der Waals surface area contributed by atoms with Gasteiger partial charge in [0.1, 0.15) is 6.23 Å². The minimum absolute atomic E-state index is 0.0299. The molecule has 0 spiro atoms. The van der Waals surface area contributed by atoms with E-state index in [1.165, 1.54) is 0 Å². The van der Waals surface area contributed by atoms with Gasteiger partial charge in [0, 0.05) is 25.6 Å². The van der Waals surface area contributed by atoms with Crippen molar-refractivity contribution in [2.24, 2.45) is 5.92 Å². The second-order valence-corrected chi connectivity index (χ2v) is 5.07. The first kappa shape index (κ1) is 15.1. The van der Waals surface area contributed by atoms with E-state index in [0.717, 1.165) is 4.90 Å². The highest BCUT2D eigenvalue weighted by atomic mass is 19.4. The zero-order valence-corrected chi connectivity index (χ0v) is 11.2. The minimum atomic E-state index is -4.84. The van der Waals surface area contributed by atoms with Crippen molar-refractivity contribution in [3.63, 3.8) is 0 Å². The van der Waals surface area contributed by atoms with Crippen LogP contribution < -0.4 is 0 Å². The van der Waals surface area contributed by atoms with Crippen LogP contribution in [0.3, 0.4) is 0 Å². The molecule has 2 fully saturated rings. The molecule has 5 nitrogen and oxygen atoms in total. The van der Waals surface area contributed by atoms with Gasteiger partial charge >= 0.3 is 12.1 Å². The van der Waals surface area contributed by atoms with Crippen molar-refractivity contribution in [2.75, 3.05) is 26.2 Å². The number of hydrogen-bond donors (Lipinski definition) is 0. The highest BCUT2D eigenvalue weighted by molar-refractivity contribution is 5.83. The molecule has 0 aromatic heterocycles. The SMILES string of the molecule is CC1OCCN1C(=O)C1CCN(C(=O)C(F)(F)F)CC1. The molecule has 20 heavy (non-hydrogen) atoms. The van der Waals surface area contributed by atoms with Gasteiger partial charge in [0.2, 0.25) is 5.91 Å². The number of likely N-dealkylation sites (tertiary alicyclic amines) is 1. The molecule has 2 saturated heterocycles. The molecule has 8 heteroatoms. The van der Waals surface area contributed by atoms with Crippen LogP contribution in [-0.4, -0.2) is 60.3 Å². The average molecular weight is 294 g/mol. The van der Waals surface area contributed by atoms with Crippen molar-refractivity contribution in [2.45, 2.75) is 32.2 Å². The third-order valence-corrected chi connectivity index (χ3v) is 3.79. The van der Waals surface area contributed by atoms with Crippen LogP contribution in [0.4, 0.5) is 13.2 Å². The second-order valence-electron chi connectivity index (χ2n) is 5.07. The maximum absolute atomic E-state index is 12.3. The third-order valence-electron chi connectivity index (χ3n) is 3.79. The van der Waals surface area contributed by atoms with Gasteiger partial charge in [0.15, 0.2) is 0 Å². The van der Waals surface area contributed by atoms with Crippen LogP contribution in [0.25, 0.3) is 0 Å². The van der Waals surface area contributed by atoms with E-state index in [1.54, 1.807) is 11.8 Å². The monoisotopic (exact) mass is 294 g/mol. The summed E-state index contributed by atoms with van der Waals surface area (Å²) in [5.41, 5.74) is 0. The van der Waals surface area contributed by atoms with Crippen LogP contribution in [0.2, 0.25) is 0 Å². The van der Waals surface area contributed by atoms with Gasteiger partial charge < -0.3 is 14.5 Å². The van der Waals surface area contributed by atoms with E-state index in [2.05, 4.69) is 0 Å². The Morgan fingerprint density at radius 1 is 1.15 bits per heavy atom. The normalized spacial score (nSPS) is 25.1. The molecule has 2 aliphatic rings. The number of piperidine rings is 1. The number of hydrogen-bond acceptors (Lipinski definition) is 3. The van der Waals surface area contributed by atoms with Gasteiger partial charge in [-0.15, -0.1) is 0 Å². The number of nitrogens with zero attached hydrogens (tertiary/aromatic N) is 2. The lowest BCUT2D eigenvalue weighted by molar-refractivity contribution is -0.187. The van der Waals surface area contributed by atoms with Gasteiger partial charge in [0.05, 0.1) is 6.61 Å². The Kier molecular flexibility index (Phi) is 4.22. The van der Waals surface area contributed by atoms with Crippen molar-refractivity contribution in [3.05, 3.63) is 0 Å². The van der Waals surface area contributed by atoms with Crippen molar-refractivity contribution in [1.82, 2.24) is 9.80 Å². The predicted octanol–water partition coefficient (Wildman–Crippen LogP) is 0.992. The van der Waals surface area contributed by atoms with Gasteiger partial charge in [-0.1, -0.05) is 0 Å². The van der Waals surface area contributed by atoms with E-state index in [0.29, 0.717) is 13.2 Å². The summed E-state index contributed by atoms with van der Waals surface area (Å²) in [7, 11) is 0. The molecule has 114 valence electrons. The van der Waals surface area contributed by atoms with E-state index in [9.17, 15) is 22.8 Å². The highest BCUT2D eigenvalue weighted by Gasteiger charge is 2.44. The summed E-state index contributed by atoms with van der Waals surface area (Å²) >= 11 is 0. The Morgan fingerprint density at radius 2 is 1.75 bits per heavy atom. The summed E-state index contributed by atoms with van der Waals surface area (Å²) in [6.07, 6.45) is -4.58. The molecule has 0 aromatic carbocycles. The van der Waals surface area contributed by atoms with Crippen molar-refractivity contribution < 1.29 is 27.5 Å². The summed E-state index contributed by atoms with van der Waals surface area (Å²) in [6, 6.07) is 0. The summed E-state index contributed by atoms with van der Waals surface area (Å²) in [6.45, 7) is 2.71. The summed E-state index contributed by atoms with van der Waals surface area (Å²) in [5, 5.41) is 0. The molecule has 0 aliphatic carbocycles. The fourth-order valence-electron chi connectivity index (χ4n) is 2.63. The Hall–Kier alpha value is -1.31. The van der Waals surface area contributed by atoms with Gasteiger partial charge in [-0.25, -0.2) is 0 Å². The average Bonchev–Trinajstić information content (AvgIpc) is 2.82. The maximum Gasteiger partial charge on any atom is 0.471 e. The highest BCUT2D eigenvalue weighted by Crippen LogP contribution is 2.26. The zero-order chi connectivity index (χ0) is 14.9. The van der Waals surface area contributed by atoms with Gasteiger partial charge in [0.25, 0.3) is 0 Å². The van der Waals surface area contributed by atoms with Crippen LogP contribution in [0, 0.1) is 5.92 Å². The molecule has 0 aromatic rings. The second kappa shape index (κ2) is 5.59. The number of alkyl halides is 3. The van der Waals surface area contributed by atoms with E-state index < -0.39 is 12.1 Å². The lowest BCUT2D eigenvalue weighted by Gasteiger charge is -2.34. The molecular formula is C12H17F3N2O3. The Morgan fingerprint density at radius 3 is 2.20 bits per heavy atom. The molecule has 2 rings (SSSR count). The molecule has 0 bridgehead atoms. The van der Waals surface area contributed by atoms with Crippen LogP contribution in [-0.2, 0) is 14.3 Å². The van der Waals surface area contributed by atoms with Crippen LogP contribution in [0.15, 0.2) is 0 Å². The van der Waals surface area contributed by atoms with Crippen molar-refractivity contribution in [3.8, 4) is 0 Å². The number of amides is 2. The van der Waals surface area contributed by atoms with E-state index in [4.69, 9.17) is 4.74 Å². The lowest BCUT2D eigenvalue weighted by atomic mass is 9.95. The van der Waals surface area contributed by atoms with Gasteiger partial charge in [-0.3, -0.25) is 9.59 Å². The third kappa shape index (κ3) is 3.05. The van der Waals surface area contributed by atoms with Gasteiger partial charge in [-0.2, -0.15) is 13.2 Å². The van der Waals surface area contributed by atoms with E-state index >= 15 is 0 Å². The quantitative estimate of drug-likeness (QED) is 0.725. The molecule has 0 saturated carbocycles. The number of ether oxygens (including phenoxy) is 1. The number of carbonyl (C=O) groups is 2. The summed E-state index contributed by atoms with van der Waals surface area (Å²) in [4.78, 5) is 25.7. The number of halogens is 3. The molecule has 1 unspecified atom stereocenters. The molecule has 2 amide bonds. The fraction of sp³-hybridized carbons (Fsp3) is 0.833. The molecule has 0 N–H and O–H groups in total.